The molecule has 1 aromatic heterocycles. The quantitative estimate of drug-likeness (QED) is 0.926. The first kappa shape index (κ1) is 13.1. The highest BCUT2D eigenvalue weighted by Gasteiger charge is 2.34. The number of hydrogen-bond acceptors (Lipinski definition) is 3. The Hall–Kier alpha value is -1.94. The zero-order valence-electron chi connectivity index (χ0n) is 11.5. The van der Waals surface area contributed by atoms with Crippen molar-refractivity contribution in [2.75, 3.05) is 13.1 Å². The van der Waals surface area contributed by atoms with Gasteiger partial charge >= 0.3 is 5.97 Å². The van der Waals surface area contributed by atoms with Crippen LogP contribution >= 0.6 is 0 Å². The van der Waals surface area contributed by atoms with Gasteiger partial charge in [0.25, 0.3) is 0 Å². The number of aromatic nitrogens is 1. The summed E-state index contributed by atoms with van der Waals surface area (Å²) < 4.78 is 0. The lowest BCUT2D eigenvalue weighted by Crippen LogP contribution is -2.50. The molecule has 0 aliphatic carbocycles. The van der Waals surface area contributed by atoms with Crippen LogP contribution in [0.3, 0.4) is 0 Å². The number of para-hydroxylation sites is 1. The smallest absolute Gasteiger partial charge is 0.306 e. The molecule has 0 amide bonds. The molecule has 3 rings (SSSR count). The van der Waals surface area contributed by atoms with Gasteiger partial charge in [-0.1, -0.05) is 25.1 Å². The average Bonchev–Trinajstić information content (AvgIpc) is 2.41. The monoisotopic (exact) mass is 270 g/mol. The molecule has 1 aromatic carbocycles. The number of aliphatic carboxylic acids is 1. The number of benzene rings is 1. The van der Waals surface area contributed by atoms with E-state index in [9.17, 15) is 4.79 Å². The van der Waals surface area contributed by atoms with E-state index in [2.05, 4.69) is 22.0 Å². The van der Waals surface area contributed by atoms with Crippen LogP contribution in [0.4, 0.5) is 0 Å². The standard InChI is InChI=1S/C16H18N2O2/c1-11(16(19)20)13-9-18(10-13)8-12-6-7-17-15-5-3-2-4-14(12)15/h2-7,11,13H,8-10H2,1H3,(H,19,20). The van der Waals surface area contributed by atoms with Crippen molar-refractivity contribution in [3.8, 4) is 0 Å². The topological polar surface area (TPSA) is 53.4 Å². The van der Waals surface area contributed by atoms with E-state index in [1.54, 1.807) is 6.92 Å². The van der Waals surface area contributed by atoms with Crippen LogP contribution in [-0.4, -0.2) is 34.0 Å². The highest BCUT2D eigenvalue weighted by Crippen LogP contribution is 2.27. The third kappa shape index (κ3) is 2.39. The second-order valence-electron chi connectivity index (χ2n) is 5.57. The highest BCUT2D eigenvalue weighted by atomic mass is 16.4. The lowest BCUT2D eigenvalue weighted by Gasteiger charge is -2.41. The first-order valence-electron chi connectivity index (χ1n) is 6.93. The van der Waals surface area contributed by atoms with Crippen molar-refractivity contribution in [2.45, 2.75) is 13.5 Å². The maximum absolute atomic E-state index is 10.9. The molecule has 4 heteroatoms. The van der Waals surface area contributed by atoms with Crippen LogP contribution in [0.2, 0.25) is 0 Å². The Labute approximate surface area is 118 Å². The summed E-state index contributed by atoms with van der Waals surface area (Å²) in [5.41, 5.74) is 2.28. The Balaban J connectivity index is 1.69. The fraction of sp³-hybridized carbons (Fsp3) is 0.375. The van der Waals surface area contributed by atoms with E-state index in [1.807, 2.05) is 24.4 Å². The molecular weight excluding hydrogens is 252 g/mol. The Morgan fingerprint density at radius 1 is 1.40 bits per heavy atom. The predicted molar refractivity (Wildman–Crippen MR) is 77.3 cm³/mol. The molecule has 1 aliphatic rings. The summed E-state index contributed by atoms with van der Waals surface area (Å²) in [6, 6.07) is 10.2. The van der Waals surface area contributed by atoms with Gasteiger partial charge in [-0.05, 0) is 23.6 Å². The lowest BCUT2D eigenvalue weighted by molar-refractivity contribution is -0.145. The molecule has 0 spiro atoms. The van der Waals surface area contributed by atoms with E-state index in [0.717, 1.165) is 25.2 Å². The zero-order valence-corrected chi connectivity index (χ0v) is 11.5. The number of hydrogen-bond donors (Lipinski definition) is 1. The van der Waals surface area contributed by atoms with Gasteiger partial charge in [0.1, 0.15) is 0 Å². The molecule has 0 saturated carbocycles. The number of pyridine rings is 1. The van der Waals surface area contributed by atoms with Crippen molar-refractivity contribution in [3.63, 3.8) is 0 Å². The first-order chi connectivity index (χ1) is 9.65. The Kier molecular flexibility index (Phi) is 3.40. The van der Waals surface area contributed by atoms with E-state index in [0.29, 0.717) is 0 Å². The van der Waals surface area contributed by atoms with Gasteiger partial charge in [-0.25, -0.2) is 0 Å². The second kappa shape index (κ2) is 5.21. The Bertz CT molecular complexity index is 630. The average molecular weight is 270 g/mol. The number of fused-ring (bicyclic) bond motifs is 1. The van der Waals surface area contributed by atoms with E-state index in [4.69, 9.17) is 5.11 Å². The van der Waals surface area contributed by atoms with Crippen LogP contribution in [0.15, 0.2) is 36.5 Å². The molecule has 4 nitrogen and oxygen atoms in total. The molecule has 2 heterocycles. The summed E-state index contributed by atoms with van der Waals surface area (Å²) in [5.74, 6) is -0.662. The van der Waals surface area contributed by atoms with E-state index >= 15 is 0 Å². The molecule has 1 N–H and O–H groups in total. The lowest BCUT2D eigenvalue weighted by atomic mass is 9.86. The second-order valence-corrected chi connectivity index (χ2v) is 5.57. The van der Waals surface area contributed by atoms with Gasteiger partial charge in [0.2, 0.25) is 0 Å². The highest BCUT2D eigenvalue weighted by molar-refractivity contribution is 5.81. The van der Waals surface area contributed by atoms with Crippen molar-refractivity contribution in [1.82, 2.24) is 9.88 Å². The maximum Gasteiger partial charge on any atom is 0.306 e. The van der Waals surface area contributed by atoms with Crippen LogP contribution < -0.4 is 0 Å². The Morgan fingerprint density at radius 3 is 2.90 bits per heavy atom. The zero-order chi connectivity index (χ0) is 14.1. The number of carboxylic acid groups (broad SMARTS) is 1. The van der Waals surface area contributed by atoms with Gasteiger partial charge in [0.05, 0.1) is 11.4 Å². The Morgan fingerprint density at radius 2 is 2.15 bits per heavy atom. The van der Waals surface area contributed by atoms with Gasteiger partial charge in [0, 0.05) is 31.2 Å². The molecule has 1 aliphatic heterocycles. The predicted octanol–water partition coefficient (Wildman–Crippen LogP) is 2.39. The minimum Gasteiger partial charge on any atom is -0.481 e. The minimum atomic E-state index is -0.691. The van der Waals surface area contributed by atoms with Crippen molar-refractivity contribution in [1.29, 1.82) is 0 Å². The summed E-state index contributed by atoms with van der Waals surface area (Å²) >= 11 is 0. The van der Waals surface area contributed by atoms with Gasteiger partial charge in [-0.3, -0.25) is 14.7 Å². The van der Waals surface area contributed by atoms with Crippen LogP contribution in [-0.2, 0) is 11.3 Å². The van der Waals surface area contributed by atoms with Gasteiger partial charge < -0.3 is 5.11 Å². The fourth-order valence-electron chi connectivity index (χ4n) is 2.79. The molecule has 1 unspecified atom stereocenters. The van der Waals surface area contributed by atoms with Gasteiger partial charge in [0.15, 0.2) is 0 Å². The van der Waals surface area contributed by atoms with Crippen molar-refractivity contribution < 1.29 is 9.90 Å². The molecule has 104 valence electrons. The van der Waals surface area contributed by atoms with Crippen molar-refractivity contribution in [2.24, 2.45) is 11.8 Å². The number of nitrogens with zero attached hydrogens (tertiary/aromatic N) is 2. The summed E-state index contributed by atoms with van der Waals surface area (Å²) in [6.45, 7) is 4.40. The number of likely N-dealkylation sites (tertiary alicyclic amines) is 1. The summed E-state index contributed by atoms with van der Waals surface area (Å²) in [5, 5.41) is 10.2. The van der Waals surface area contributed by atoms with Crippen LogP contribution in [0, 0.1) is 11.8 Å². The first-order valence-corrected chi connectivity index (χ1v) is 6.93. The van der Waals surface area contributed by atoms with Crippen molar-refractivity contribution in [3.05, 3.63) is 42.1 Å². The van der Waals surface area contributed by atoms with Gasteiger partial charge in [-0.2, -0.15) is 0 Å². The summed E-state index contributed by atoms with van der Waals surface area (Å²) in [7, 11) is 0. The largest absolute Gasteiger partial charge is 0.481 e. The third-order valence-corrected chi connectivity index (χ3v) is 4.22. The molecular formula is C16H18N2O2. The molecule has 0 bridgehead atoms. The van der Waals surface area contributed by atoms with E-state index in [-0.39, 0.29) is 11.8 Å². The molecule has 1 saturated heterocycles. The summed E-state index contributed by atoms with van der Waals surface area (Å²) in [4.78, 5) is 17.6. The number of rotatable bonds is 4. The fourth-order valence-corrected chi connectivity index (χ4v) is 2.79. The third-order valence-electron chi connectivity index (χ3n) is 4.22. The number of carbonyl (C=O) groups is 1. The molecule has 0 radical (unpaired) electrons. The minimum absolute atomic E-state index is 0.250. The molecule has 1 fully saturated rings. The maximum atomic E-state index is 10.9. The van der Waals surface area contributed by atoms with Crippen LogP contribution in [0.25, 0.3) is 10.9 Å². The van der Waals surface area contributed by atoms with Gasteiger partial charge in [-0.15, -0.1) is 0 Å². The molecule has 2 aromatic rings. The van der Waals surface area contributed by atoms with E-state index in [1.165, 1.54) is 10.9 Å². The van der Waals surface area contributed by atoms with Crippen LogP contribution in [0.1, 0.15) is 12.5 Å². The summed E-state index contributed by atoms with van der Waals surface area (Å²) in [6.07, 6.45) is 1.84. The molecule has 1 atom stereocenters. The normalized spacial score (nSPS) is 17.9. The van der Waals surface area contributed by atoms with Crippen molar-refractivity contribution >= 4 is 16.9 Å². The SMILES string of the molecule is CC(C(=O)O)C1CN(Cc2ccnc3ccccc23)C1. The number of carboxylic acids is 1. The molecule has 20 heavy (non-hydrogen) atoms. The van der Waals surface area contributed by atoms with Crippen LogP contribution in [0.5, 0.6) is 0 Å². The van der Waals surface area contributed by atoms with E-state index < -0.39 is 5.97 Å².